The average molecular weight is 435 g/mol. The minimum atomic E-state index is -0.197. The summed E-state index contributed by atoms with van der Waals surface area (Å²) in [4.78, 5) is 2.33. The molecule has 3 nitrogen and oxygen atoms in total. The summed E-state index contributed by atoms with van der Waals surface area (Å²) in [5.41, 5.74) is 9.79. The maximum absolute atomic E-state index is 6.79. The van der Waals surface area contributed by atoms with E-state index < -0.39 is 0 Å². The van der Waals surface area contributed by atoms with Gasteiger partial charge in [-0.05, 0) is 29.2 Å². The first-order valence-electron chi connectivity index (χ1n) is 11.6. The number of fused-ring (bicyclic) bond motifs is 11. The van der Waals surface area contributed by atoms with Gasteiger partial charge in [0, 0.05) is 33.2 Å². The molecule has 0 spiro atoms. The first-order chi connectivity index (χ1) is 16.9. The second kappa shape index (κ2) is 6.55. The van der Waals surface area contributed by atoms with Gasteiger partial charge in [-0.3, -0.25) is 0 Å². The molecule has 2 aliphatic heterocycles. The van der Waals surface area contributed by atoms with E-state index >= 15 is 0 Å². The number of para-hydroxylation sites is 4. The molecule has 34 heavy (non-hydrogen) atoms. The Morgan fingerprint density at radius 2 is 1.21 bits per heavy atom. The summed E-state index contributed by atoms with van der Waals surface area (Å²) >= 11 is 0. The van der Waals surface area contributed by atoms with E-state index in [0.29, 0.717) is 0 Å². The smallest absolute Gasteiger partial charge is 0.524 e. The van der Waals surface area contributed by atoms with E-state index in [0.717, 1.165) is 44.5 Å². The van der Waals surface area contributed by atoms with Crippen molar-refractivity contribution in [2.24, 2.45) is 0 Å². The van der Waals surface area contributed by atoms with Gasteiger partial charge in [-0.2, -0.15) is 0 Å². The molecule has 158 valence electrons. The van der Waals surface area contributed by atoms with Crippen LogP contribution in [0.1, 0.15) is 0 Å². The fourth-order valence-electron chi connectivity index (χ4n) is 5.63. The van der Waals surface area contributed by atoms with E-state index in [1.165, 1.54) is 22.3 Å². The van der Waals surface area contributed by atoms with Crippen LogP contribution in [0.15, 0.2) is 114 Å². The second-order valence-corrected chi connectivity index (χ2v) is 8.88. The van der Waals surface area contributed by atoms with Gasteiger partial charge in [0.2, 0.25) is 0 Å². The molecule has 5 aromatic carbocycles. The van der Waals surface area contributed by atoms with Crippen molar-refractivity contribution in [3.05, 3.63) is 109 Å². The number of nitrogens with zero attached hydrogens (tertiary/aromatic N) is 1. The average Bonchev–Trinajstić information content (AvgIpc) is 3.48. The Hall–Kier alpha value is -4.44. The van der Waals surface area contributed by atoms with Gasteiger partial charge < -0.3 is 13.9 Å². The largest absolute Gasteiger partial charge is 0.535 e. The fourth-order valence-corrected chi connectivity index (χ4v) is 5.63. The molecule has 4 heteroatoms. The van der Waals surface area contributed by atoms with E-state index in [9.17, 15) is 0 Å². The van der Waals surface area contributed by atoms with Crippen molar-refractivity contribution in [1.82, 2.24) is 0 Å². The summed E-state index contributed by atoms with van der Waals surface area (Å²) in [7, 11) is -0.197. The zero-order chi connectivity index (χ0) is 22.2. The maximum atomic E-state index is 6.79. The Kier molecular flexibility index (Phi) is 3.48. The summed E-state index contributed by atoms with van der Waals surface area (Å²) in [6, 6.07) is 38.1. The molecule has 0 aliphatic carbocycles. The lowest BCUT2D eigenvalue weighted by molar-refractivity contribution is 0.605. The lowest BCUT2D eigenvalue weighted by Crippen LogP contribution is -2.50. The molecular formula is C30H18BNO2. The van der Waals surface area contributed by atoms with E-state index in [1.807, 2.05) is 12.1 Å². The Bertz CT molecular complexity index is 1770. The van der Waals surface area contributed by atoms with Crippen LogP contribution in [0, 0.1) is 0 Å². The lowest BCUT2D eigenvalue weighted by Gasteiger charge is -2.31. The topological polar surface area (TPSA) is 25.6 Å². The molecule has 6 aromatic rings. The molecule has 0 radical (unpaired) electrons. The number of hydrogen-bond acceptors (Lipinski definition) is 3. The summed E-state index contributed by atoms with van der Waals surface area (Å²) in [6.45, 7) is 0. The van der Waals surface area contributed by atoms with Crippen LogP contribution in [0.5, 0.6) is 5.75 Å². The van der Waals surface area contributed by atoms with Crippen LogP contribution in [0.4, 0.5) is 11.4 Å². The molecule has 0 bridgehead atoms. The van der Waals surface area contributed by atoms with E-state index in [4.69, 9.17) is 9.07 Å². The molecule has 2 aliphatic rings. The summed E-state index contributed by atoms with van der Waals surface area (Å²) in [5.74, 6) is 0.895. The number of rotatable bonds is 1. The Morgan fingerprint density at radius 3 is 2.18 bits per heavy atom. The molecule has 0 atom stereocenters. The molecule has 1 aromatic heterocycles. The third kappa shape index (κ3) is 2.27. The first kappa shape index (κ1) is 18.0. The van der Waals surface area contributed by atoms with Crippen molar-refractivity contribution in [2.45, 2.75) is 0 Å². The van der Waals surface area contributed by atoms with Gasteiger partial charge in [0.15, 0.2) is 0 Å². The minimum Gasteiger partial charge on any atom is -0.535 e. The van der Waals surface area contributed by atoms with Crippen LogP contribution in [0.2, 0.25) is 0 Å². The minimum absolute atomic E-state index is 0.197. The Balaban J connectivity index is 1.39. The Labute approximate surface area is 197 Å². The van der Waals surface area contributed by atoms with Gasteiger partial charge >= 0.3 is 7.05 Å². The second-order valence-electron chi connectivity index (χ2n) is 8.88. The fraction of sp³-hybridized carbons (Fsp3) is 0. The number of furan rings is 1. The third-order valence-corrected chi connectivity index (χ3v) is 7.09. The normalized spacial score (nSPS) is 13.4. The van der Waals surface area contributed by atoms with Crippen molar-refractivity contribution < 1.29 is 9.07 Å². The highest BCUT2D eigenvalue weighted by molar-refractivity contribution is 6.77. The molecule has 3 heterocycles. The Morgan fingerprint density at radius 1 is 0.529 bits per heavy atom. The number of hydrogen-bond donors (Lipinski definition) is 0. The van der Waals surface area contributed by atoms with Gasteiger partial charge in [-0.15, -0.1) is 0 Å². The van der Waals surface area contributed by atoms with Crippen LogP contribution in [0.25, 0.3) is 44.2 Å². The lowest BCUT2D eigenvalue weighted by atomic mass is 9.65. The molecule has 8 rings (SSSR count). The summed E-state index contributed by atoms with van der Waals surface area (Å²) in [6.07, 6.45) is 0. The predicted molar refractivity (Wildman–Crippen MR) is 139 cm³/mol. The molecule has 0 fully saturated rings. The molecule has 0 N–H and O–H groups in total. The van der Waals surface area contributed by atoms with Crippen molar-refractivity contribution in [1.29, 1.82) is 0 Å². The SMILES string of the molecule is c1ccc2c(c1)B1Oc3c(-c4cccc5c4oc4ccccc45)cccc3N1c1ccccc1-2. The number of benzene rings is 5. The van der Waals surface area contributed by atoms with Crippen molar-refractivity contribution >= 4 is 45.8 Å². The highest BCUT2D eigenvalue weighted by Gasteiger charge is 2.45. The highest BCUT2D eigenvalue weighted by atomic mass is 16.5. The van der Waals surface area contributed by atoms with Crippen LogP contribution >= 0.6 is 0 Å². The van der Waals surface area contributed by atoms with Crippen LogP contribution < -0.4 is 14.9 Å². The van der Waals surface area contributed by atoms with E-state index in [1.54, 1.807) is 0 Å². The maximum Gasteiger partial charge on any atom is 0.524 e. The van der Waals surface area contributed by atoms with Crippen LogP contribution in [-0.2, 0) is 0 Å². The molecule has 0 unspecified atom stereocenters. The van der Waals surface area contributed by atoms with E-state index in [2.05, 4.69) is 102 Å². The number of anilines is 2. The summed E-state index contributed by atoms with van der Waals surface area (Å²) in [5, 5.41) is 2.25. The molecular weight excluding hydrogens is 417 g/mol. The van der Waals surface area contributed by atoms with Crippen molar-refractivity contribution in [2.75, 3.05) is 4.81 Å². The molecule has 0 saturated carbocycles. The van der Waals surface area contributed by atoms with Gasteiger partial charge in [0.25, 0.3) is 0 Å². The van der Waals surface area contributed by atoms with Crippen molar-refractivity contribution in [3.8, 4) is 28.0 Å². The highest BCUT2D eigenvalue weighted by Crippen LogP contribution is 2.51. The van der Waals surface area contributed by atoms with Gasteiger partial charge in [0.05, 0.1) is 5.69 Å². The molecule has 0 amide bonds. The monoisotopic (exact) mass is 435 g/mol. The van der Waals surface area contributed by atoms with E-state index in [-0.39, 0.29) is 7.05 Å². The first-order valence-corrected chi connectivity index (χ1v) is 11.6. The van der Waals surface area contributed by atoms with Crippen LogP contribution in [-0.4, -0.2) is 7.05 Å². The summed E-state index contributed by atoms with van der Waals surface area (Å²) < 4.78 is 13.1. The van der Waals surface area contributed by atoms with Crippen LogP contribution in [0.3, 0.4) is 0 Å². The van der Waals surface area contributed by atoms with Crippen molar-refractivity contribution in [3.63, 3.8) is 0 Å². The third-order valence-electron chi connectivity index (χ3n) is 7.09. The van der Waals surface area contributed by atoms with Gasteiger partial charge in [-0.1, -0.05) is 91.0 Å². The van der Waals surface area contributed by atoms with Gasteiger partial charge in [0.1, 0.15) is 16.9 Å². The molecule has 0 saturated heterocycles. The quantitative estimate of drug-likeness (QED) is 0.256. The standard InChI is InChI=1S/C30H18BNO2/c1-4-15-25-19(9-1)20-10-2-5-16-26(20)32-27-17-8-14-24(30(27)34-31(25)32)23-13-7-12-22-21-11-3-6-18-28(21)33-29(22)23/h1-18H. The zero-order valence-corrected chi connectivity index (χ0v) is 18.2. The zero-order valence-electron chi connectivity index (χ0n) is 18.2. The van der Waals surface area contributed by atoms with Gasteiger partial charge in [-0.25, -0.2) is 0 Å². The predicted octanol–water partition coefficient (Wildman–Crippen LogP) is 7.16.